The SMILES string of the molecule is COc1ccc(N2CCN(CCCNC(=O)/C=C/c3ccc(C(=O)NC4CC4)cc3)CC2)cc1. The van der Waals surface area contributed by atoms with Crippen LogP contribution in [0, 0.1) is 0 Å². The first-order valence-electron chi connectivity index (χ1n) is 12.1. The zero-order chi connectivity index (χ0) is 23.8. The van der Waals surface area contributed by atoms with Crippen LogP contribution in [0.15, 0.2) is 54.6 Å². The summed E-state index contributed by atoms with van der Waals surface area (Å²) in [7, 11) is 1.68. The van der Waals surface area contributed by atoms with Crippen LogP contribution < -0.4 is 20.3 Å². The fraction of sp³-hybridized carbons (Fsp3) is 0.407. The van der Waals surface area contributed by atoms with Crippen LogP contribution in [0.2, 0.25) is 0 Å². The maximum atomic E-state index is 12.1. The number of piperazine rings is 1. The third-order valence-electron chi connectivity index (χ3n) is 6.27. The average Bonchev–Trinajstić information content (AvgIpc) is 3.70. The molecule has 1 aliphatic carbocycles. The molecule has 180 valence electrons. The van der Waals surface area contributed by atoms with E-state index in [9.17, 15) is 9.59 Å². The van der Waals surface area contributed by atoms with Crippen molar-refractivity contribution in [1.29, 1.82) is 0 Å². The normalized spacial score (nSPS) is 16.4. The van der Waals surface area contributed by atoms with Crippen molar-refractivity contribution in [3.05, 3.63) is 65.7 Å². The molecule has 7 nitrogen and oxygen atoms in total. The third kappa shape index (κ3) is 7.09. The van der Waals surface area contributed by atoms with Gasteiger partial charge in [-0.1, -0.05) is 12.1 Å². The highest BCUT2D eigenvalue weighted by atomic mass is 16.5. The van der Waals surface area contributed by atoms with E-state index in [4.69, 9.17) is 4.74 Å². The predicted molar refractivity (Wildman–Crippen MR) is 135 cm³/mol. The summed E-state index contributed by atoms with van der Waals surface area (Å²) in [5.41, 5.74) is 2.78. The van der Waals surface area contributed by atoms with Crippen LogP contribution >= 0.6 is 0 Å². The molecule has 1 saturated heterocycles. The topological polar surface area (TPSA) is 73.9 Å². The van der Waals surface area contributed by atoms with E-state index in [0.29, 0.717) is 18.2 Å². The lowest BCUT2D eigenvalue weighted by atomic mass is 10.1. The quantitative estimate of drug-likeness (QED) is 0.420. The molecule has 0 radical (unpaired) electrons. The summed E-state index contributed by atoms with van der Waals surface area (Å²) in [5, 5.41) is 5.93. The summed E-state index contributed by atoms with van der Waals surface area (Å²) in [5.74, 6) is 0.753. The Balaban J connectivity index is 1.10. The summed E-state index contributed by atoms with van der Waals surface area (Å²) in [4.78, 5) is 29.0. The number of carbonyl (C=O) groups is 2. The summed E-state index contributed by atoms with van der Waals surface area (Å²) in [6, 6.07) is 15.9. The molecule has 2 fully saturated rings. The largest absolute Gasteiger partial charge is 0.497 e. The Labute approximate surface area is 201 Å². The van der Waals surface area contributed by atoms with Gasteiger partial charge in [0.15, 0.2) is 0 Å². The molecule has 0 bridgehead atoms. The minimum atomic E-state index is -0.0973. The number of nitrogens with one attached hydrogen (secondary N) is 2. The minimum Gasteiger partial charge on any atom is -0.497 e. The number of hydrogen-bond donors (Lipinski definition) is 2. The van der Waals surface area contributed by atoms with E-state index in [-0.39, 0.29) is 11.8 Å². The molecule has 0 aromatic heterocycles. The van der Waals surface area contributed by atoms with E-state index in [1.807, 2.05) is 24.3 Å². The summed E-state index contributed by atoms with van der Waals surface area (Å²) in [6.45, 7) is 5.68. The molecular formula is C27H34N4O3. The van der Waals surface area contributed by atoms with Gasteiger partial charge in [0.2, 0.25) is 5.91 Å². The Kier molecular flexibility index (Phi) is 8.20. The molecule has 2 aromatic carbocycles. The second-order valence-corrected chi connectivity index (χ2v) is 8.87. The Morgan fingerprint density at radius 1 is 1.00 bits per heavy atom. The highest BCUT2D eigenvalue weighted by molar-refractivity contribution is 5.95. The molecular weight excluding hydrogens is 428 g/mol. The van der Waals surface area contributed by atoms with E-state index in [0.717, 1.165) is 63.3 Å². The lowest BCUT2D eigenvalue weighted by Crippen LogP contribution is -2.47. The second-order valence-electron chi connectivity index (χ2n) is 8.87. The first-order chi connectivity index (χ1) is 16.6. The number of carbonyl (C=O) groups excluding carboxylic acids is 2. The number of amides is 2. The van der Waals surface area contributed by atoms with Crippen molar-refractivity contribution in [3.8, 4) is 5.75 Å². The van der Waals surface area contributed by atoms with Crippen LogP contribution in [-0.2, 0) is 4.79 Å². The summed E-state index contributed by atoms with van der Waals surface area (Å²) in [6.07, 6.45) is 6.39. The fourth-order valence-corrected chi connectivity index (χ4v) is 4.01. The predicted octanol–water partition coefficient (Wildman–Crippen LogP) is 2.93. The third-order valence-corrected chi connectivity index (χ3v) is 6.27. The number of methoxy groups -OCH3 is 1. The molecule has 1 saturated carbocycles. The van der Waals surface area contributed by atoms with Gasteiger partial charge in [-0.3, -0.25) is 14.5 Å². The highest BCUT2D eigenvalue weighted by Gasteiger charge is 2.23. The van der Waals surface area contributed by atoms with Gasteiger partial charge in [0, 0.05) is 56.1 Å². The molecule has 7 heteroatoms. The Morgan fingerprint density at radius 3 is 2.35 bits per heavy atom. The number of benzene rings is 2. The average molecular weight is 463 g/mol. The standard InChI is InChI=1S/C27H34N4O3/c1-34-25-12-10-24(11-13-25)31-19-17-30(18-20-31)16-2-15-28-26(32)14-5-21-3-6-22(7-4-21)27(33)29-23-8-9-23/h3-7,10-14,23H,2,8-9,15-20H2,1H3,(H,28,32)(H,29,33)/b14-5+. The van der Waals surface area contributed by atoms with E-state index in [1.165, 1.54) is 5.69 Å². The van der Waals surface area contributed by atoms with Crippen molar-refractivity contribution in [3.63, 3.8) is 0 Å². The molecule has 0 atom stereocenters. The zero-order valence-corrected chi connectivity index (χ0v) is 19.8. The Hall–Kier alpha value is -3.32. The first kappa shape index (κ1) is 23.8. The molecule has 2 N–H and O–H groups in total. The molecule has 1 heterocycles. The molecule has 2 aliphatic rings. The Morgan fingerprint density at radius 2 is 1.71 bits per heavy atom. The minimum absolute atomic E-state index is 0.0297. The van der Waals surface area contributed by atoms with Gasteiger partial charge in [-0.05, 0) is 73.8 Å². The van der Waals surface area contributed by atoms with Gasteiger partial charge in [0.1, 0.15) is 5.75 Å². The number of ether oxygens (including phenoxy) is 1. The van der Waals surface area contributed by atoms with Gasteiger partial charge in [-0.15, -0.1) is 0 Å². The van der Waals surface area contributed by atoms with Crippen LogP contribution in [0.1, 0.15) is 35.2 Å². The van der Waals surface area contributed by atoms with Gasteiger partial charge in [0.25, 0.3) is 5.91 Å². The molecule has 2 aromatic rings. The second kappa shape index (κ2) is 11.7. The van der Waals surface area contributed by atoms with Gasteiger partial charge in [-0.25, -0.2) is 0 Å². The maximum absolute atomic E-state index is 12.1. The Bertz CT molecular complexity index is 976. The zero-order valence-electron chi connectivity index (χ0n) is 19.8. The van der Waals surface area contributed by atoms with Crippen LogP contribution in [0.5, 0.6) is 5.75 Å². The van der Waals surface area contributed by atoms with Crippen LogP contribution in [0.4, 0.5) is 5.69 Å². The molecule has 2 amide bonds. The van der Waals surface area contributed by atoms with Crippen molar-refractivity contribution < 1.29 is 14.3 Å². The van der Waals surface area contributed by atoms with Crippen molar-refractivity contribution >= 4 is 23.6 Å². The number of nitrogens with zero attached hydrogens (tertiary/aromatic N) is 2. The molecule has 0 unspecified atom stereocenters. The number of anilines is 1. The lowest BCUT2D eigenvalue weighted by Gasteiger charge is -2.36. The van der Waals surface area contributed by atoms with Crippen LogP contribution in [0.3, 0.4) is 0 Å². The number of rotatable bonds is 10. The van der Waals surface area contributed by atoms with Gasteiger partial charge >= 0.3 is 0 Å². The van der Waals surface area contributed by atoms with E-state index < -0.39 is 0 Å². The van der Waals surface area contributed by atoms with Gasteiger partial charge in [-0.2, -0.15) is 0 Å². The maximum Gasteiger partial charge on any atom is 0.251 e. The first-order valence-corrected chi connectivity index (χ1v) is 12.1. The van der Waals surface area contributed by atoms with Crippen molar-refractivity contribution in [2.45, 2.75) is 25.3 Å². The van der Waals surface area contributed by atoms with Crippen molar-refractivity contribution in [2.24, 2.45) is 0 Å². The van der Waals surface area contributed by atoms with E-state index in [1.54, 1.807) is 31.4 Å². The van der Waals surface area contributed by atoms with Crippen molar-refractivity contribution in [1.82, 2.24) is 15.5 Å². The molecule has 0 spiro atoms. The van der Waals surface area contributed by atoms with E-state index >= 15 is 0 Å². The monoisotopic (exact) mass is 462 g/mol. The molecule has 4 rings (SSSR count). The van der Waals surface area contributed by atoms with Crippen molar-refractivity contribution in [2.75, 3.05) is 51.3 Å². The highest BCUT2D eigenvalue weighted by Crippen LogP contribution is 2.21. The fourth-order valence-electron chi connectivity index (χ4n) is 4.01. The smallest absolute Gasteiger partial charge is 0.251 e. The van der Waals surface area contributed by atoms with Crippen LogP contribution in [-0.4, -0.2) is 69.1 Å². The summed E-state index contributed by atoms with van der Waals surface area (Å²) < 4.78 is 5.23. The van der Waals surface area contributed by atoms with Gasteiger partial charge in [0.05, 0.1) is 7.11 Å². The molecule has 1 aliphatic heterocycles. The van der Waals surface area contributed by atoms with Gasteiger partial charge < -0.3 is 20.3 Å². The lowest BCUT2D eigenvalue weighted by molar-refractivity contribution is -0.116. The molecule has 34 heavy (non-hydrogen) atoms. The van der Waals surface area contributed by atoms with Crippen LogP contribution in [0.25, 0.3) is 6.08 Å². The number of hydrogen-bond acceptors (Lipinski definition) is 5. The summed E-state index contributed by atoms with van der Waals surface area (Å²) >= 11 is 0. The van der Waals surface area contributed by atoms with E-state index in [2.05, 4.69) is 32.6 Å².